The Bertz CT molecular complexity index is 1410. The Morgan fingerprint density at radius 2 is 1.79 bits per heavy atom. The molecule has 0 aliphatic rings. The molecule has 0 fully saturated rings. The highest BCUT2D eigenvalue weighted by molar-refractivity contribution is 5.97. The van der Waals surface area contributed by atoms with Crippen LogP contribution in [0.15, 0.2) is 35.3 Å². The largest absolute Gasteiger partial charge is 0.481 e. The highest BCUT2D eigenvalue weighted by Crippen LogP contribution is 2.12. The number of nitrogen functional groups attached to an aromatic ring is 1. The Morgan fingerprint density at radius 3 is 2.45 bits per heavy atom. The third-order valence-corrected chi connectivity index (χ3v) is 5.26. The van der Waals surface area contributed by atoms with E-state index in [1.807, 2.05) is 0 Å². The van der Waals surface area contributed by atoms with E-state index in [0.29, 0.717) is 11.4 Å². The van der Waals surface area contributed by atoms with Gasteiger partial charge >= 0.3 is 11.9 Å². The molecule has 2 heterocycles. The lowest BCUT2D eigenvalue weighted by molar-refractivity contribution is -0.139. The fourth-order valence-corrected chi connectivity index (χ4v) is 3.42. The van der Waals surface area contributed by atoms with Crippen LogP contribution in [0, 0.1) is 0 Å². The van der Waals surface area contributed by atoms with Crippen molar-refractivity contribution in [1.82, 2.24) is 30.6 Å². The lowest BCUT2D eigenvalue weighted by atomic mass is 10.1. The van der Waals surface area contributed by atoms with Crippen LogP contribution < -0.4 is 27.2 Å². The van der Waals surface area contributed by atoms with Gasteiger partial charge in [-0.2, -0.15) is 4.98 Å². The number of anilines is 2. The van der Waals surface area contributed by atoms with Gasteiger partial charge in [0.1, 0.15) is 6.04 Å². The normalized spacial score (nSPS) is 12.3. The van der Waals surface area contributed by atoms with Gasteiger partial charge in [0.15, 0.2) is 11.2 Å². The van der Waals surface area contributed by atoms with Crippen LogP contribution in [0.5, 0.6) is 0 Å². The van der Waals surface area contributed by atoms with Gasteiger partial charge in [-0.3, -0.25) is 24.2 Å². The molecule has 200 valence electrons. The third kappa shape index (κ3) is 7.71. The second kappa shape index (κ2) is 12.2. The molecule has 0 aliphatic heterocycles. The van der Waals surface area contributed by atoms with E-state index < -0.39 is 41.4 Å². The molecule has 0 spiro atoms. The van der Waals surface area contributed by atoms with Crippen LogP contribution in [0.2, 0.25) is 0 Å². The lowest BCUT2D eigenvalue weighted by Crippen LogP contribution is -2.42. The van der Waals surface area contributed by atoms with Crippen LogP contribution in [-0.2, 0) is 20.9 Å². The van der Waals surface area contributed by atoms with Crippen molar-refractivity contribution in [1.29, 1.82) is 0 Å². The van der Waals surface area contributed by atoms with Crippen LogP contribution in [0.3, 0.4) is 0 Å². The summed E-state index contributed by atoms with van der Waals surface area (Å²) >= 11 is 0. The van der Waals surface area contributed by atoms with Gasteiger partial charge in [0.2, 0.25) is 11.9 Å². The van der Waals surface area contributed by atoms with Crippen LogP contribution in [0.1, 0.15) is 42.2 Å². The SMILES string of the molecule is C[C@H](CC(=O)O)NC(=O)CCC(NC(=O)c1ccc(NCc2cnc3nc(N)[nH]c(=O)c3n2)cc1)C(=O)O. The summed E-state index contributed by atoms with van der Waals surface area (Å²) in [5.74, 6) is -3.60. The van der Waals surface area contributed by atoms with Gasteiger partial charge in [-0.25, -0.2) is 14.8 Å². The molecule has 0 bridgehead atoms. The molecule has 15 nitrogen and oxygen atoms in total. The molecular formula is C23H26N8O7. The number of carbonyl (C=O) groups excluding carboxylic acids is 2. The molecular weight excluding hydrogens is 500 g/mol. The lowest BCUT2D eigenvalue weighted by Gasteiger charge is -2.16. The van der Waals surface area contributed by atoms with Crippen LogP contribution >= 0.6 is 0 Å². The van der Waals surface area contributed by atoms with Gasteiger partial charge in [-0.1, -0.05) is 0 Å². The molecule has 1 aromatic carbocycles. The Kier molecular flexibility index (Phi) is 8.86. The highest BCUT2D eigenvalue weighted by atomic mass is 16.4. The first-order valence-corrected chi connectivity index (χ1v) is 11.4. The van der Waals surface area contributed by atoms with Gasteiger partial charge in [-0.15, -0.1) is 0 Å². The Morgan fingerprint density at radius 1 is 1.08 bits per heavy atom. The van der Waals surface area contributed by atoms with Crippen molar-refractivity contribution < 1.29 is 29.4 Å². The smallest absolute Gasteiger partial charge is 0.326 e. The number of carbonyl (C=O) groups is 4. The molecule has 3 aromatic rings. The van der Waals surface area contributed by atoms with E-state index in [1.54, 1.807) is 12.1 Å². The minimum absolute atomic E-state index is 0.0470. The number of carboxylic acid groups (broad SMARTS) is 2. The summed E-state index contributed by atoms with van der Waals surface area (Å²) in [6.07, 6.45) is 0.793. The average molecular weight is 527 g/mol. The molecule has 15 heteroatoms. The molecule has 2 aromatic heterocycles. The zero-order valence-corrected chi connectivity index (χ0v) is 20.2. The van der Waals surface area contributed by atoms with Crippen molar-refractivity contribution in [2.24, 2.45) is 0 Å². The number of hydrogen-bond donors (Lipinski definition) is 7. The average Bonchev–Trinajstić information content (AvgIpc) is 2.84. The quantitative estimate of drug-likeness (QED) is 0.163. The maximum absolute atomic E-state index is 12.5. The van der Waals surface area contributed by atoms with Crippen molar-refractivity contribution in [2.75, 3.05) is 11.1 Å². The monoisotopic (exact) mass is 526 g/mol. The predicted octanol–water partition coefficient (Wildman–Crippen LogP) is -0.150. The topological polar surface area (TPSA) is 242 Å². The molecule has 0 saturated carbocycles. The number of aliphatic carboxylic acids is 2. The second-order valence-corrected chi connectivity index (χ2v) is 8.39. The Labute approximate surface area is 214 Å². The molecule has 3 rings (SSSR count). The first kappa shape index (κ1) is 27.5. The van der Waals surface area contributed by atoms with Crippen LogP contribution in [0.4, 0.5) is 11.6 Å². The number of aromatic amines is 1. The van der Waals surface area contributed by atoms with Crippen molar-refractivity contribution in [3.8, 4) is 0 Å². The number of nitrogens with zero attached hydrogens (tertiary/aromatic N) is 3. The number of fused-ring (bicyclic) bond motifs is 1. The maximum atomic E-state index is 12.5. The molecule has 38 heavy (non-hydrogen) atoms. The summed E-state index contributed by atoms with van der Waals surface area (Å²) < 4.78 is 0. The van der Waals surface area contributed by atoms with E-state index in [9.17, 15) is 29.1 Å². The van der Waals surface area contributed by atoms with Gasteiger partial charge in [0.25, 0.3) is 11.5 Å². The number of benzene rings is 1. The van der Waals surface area contributed by atoms with Crippen LogP contribution in [-0.4, -0.2) is 66.0 Å². The number of nitrogens with one attached hydrogen (secondary N) is 4. The number of amides is 2. The minimum Gasteiger partial charge on any atom is -0.481 e. The van der Waals surface area contributed by atoms with E-state index in [1.165, 1.54) is 25.3 Å². The Balaban J connectivity index is 1.54. The first-order chi connectivity index (χ1) is 18.0. The van der Waals surface area contributed by atoms with Gasteiger partial charge in [0.05, 0.1) is 24.9 Å². The maximum Gasteiger partial charge on any atom is 0.326 e. The van der Waals surface area contributed by atoms with E-state index in [0.717, 1.165) is 0 Å². The third-order valence-electron chi connectivity index (χ3n) is 5.26. The molecule has 0 aliphatic carbocycles. The number of H-pyrrole nitrogens is 1. The minimum atomic E-state index is -1.32. The van der Waals surface area contributed by atoms with E-state index in [2.05, 4.69) is 35.9 Å². The summed E-state index contributed by atoms with van der Waals surface area (Å²) in [6.45, 7) is 1.73. The number of hydrogen-bond acceptors (Lipinski definition) is 10. The summed E-state index contributed by atoms with van der Waals surface area (Å²) in [7, 11) is 0. The zero-order valence-electron chi connectivity index (χ0n) is 20.2. The standard InChI is InChI=1S/C23H26N8O7/c1-11(8-17(33)34)27-16(32)7-6-15(22(37)38)29-20(35)12-2-4-13(5-3-12)25-9-14-10-26-19-18(28-14)21(36)31-23(24)30-19/h2-5,10-11,15,25H,6-9H2,1H3,(H,27,32)(H,29,35)(H,33,34)(H,37,38)(H3,24,26,30,31,36)/t11-,15?/m1/s1. The van der Waals surface area contributed by atoms with Crippen LogP contribution in [0.25, 0.3) is 11.2 Å². The number of nitrogens with two attached hydrogens (primary N) is 1. The zero-order chi connectivity index (χ0) is 27.8. The number of carboxylic acids is 2. The summed E-state index contributed by atoms with van der Waals surface area (Å²) in [6, 6.07) is 4.25. The molecule has 2 amide bonds. The first-order valence-electron chi connectivity index (χ1n) is 11.4. The molecule has 8 N–H and O–H groups in total. The van der Waals surface area contributed by atoms with Gasteiger partial charge < -0.3 is 31.9 Å². The molecule has 1 unspecified atom stereocenters. The predicted molar refractivity (Wildman–Crippen MR) is 134 cm³/mol. The summed E-state index contributed by atoms with van der Waals surface area (Å²) in [5, 5.41) is 26.1. The highest BCUT2D eigenvalue weighted by Gasteiger charge is 2.22. The molecule has 2 atom stereocenters. The van der Waals surface area contributed by atoms with Crippen molar-refractivity contribution >= 4 is 46.6 Å². The van der Waals surface area contributed by atoms with E-state index in [4.69, 9.17) is 10.8 Å². The summed E-state index contributed by atoms with van der Waals surface area (Å²) in [4.78, 5) is 73.3. The van der Waals surface area contributed by atoms with Gasteiger partial charge in [0, 0.05) is 23.7 Å². The van der Waals surface area contributed by atoms with Gasteiger partial charge in [-0.05, 0) is 37.6 Å². The number of aromatic nitrogens is 4. The Hall–Kier alpha value is -5.08. The second-order valence-electron chi connectivity index (χ2n) is 8.39. The van der Waals surface area contributed by atoms with Crippen molar-refractivity contribution in [3.63, 3.8) is 0 Å². The number of rotatable bonds is 12. The fourth-order valence-electron chi connectivity index (χ4n) is 3.42. The molecule has 0 radical (unpaired) electrons. The van der Waals surface area contributed by atoms with Crippen molar-refractivity contribution in [3.05, 3.63) is 52.1 Å². The van der Waals surface area contributed by atoms with E-state index in [-0.39, 0.29) is 48.5 Å². The van der Waals surface area contributed by atoms with E-state index >= 15 is 0 Å². The fraction of sp³-hybridized carbons (Fsp3) is 0.304. The molecule has 0 saturated heterocycles. The van der Waals surface area contributed by atoms with Crippen molar-refractivity contribution in [2.45, 2.75) is 44.8 Å². The summed E-state index contributed by atoms with van der Waals surface area (Å²) in [5.41, 5.74) is 6.43.